The summed E-state index contributed by atoms with van der Waals surface area (Å²) in [6, 6.07) is 16.7. The summed E-state index contributed by atoms with van der Waals surface area (Å²) in [6.07, 6.45) is 0. The zero-order chi connectivity index (χ0) is 22.3. The number of nitro benzene ring substituents is 2. The van der Waals surface area contributed by atoms with E-state index in [1.54, 1.807) is 19.1 Å². The highest BCUT2D eigenvalue weighted by atomic mass is 79.9. The van der Waals surface area contributed by atoms with Crippen molar-refractivity contribution in [3.63, 3.8) is 0 Å². The summed E-state index contributed by atoms with van der Waals surface area (Å²) in [5.74, 6) is -0.782. The Bertz CT molecular complexity index is 1060. The van der Waals surface area contributed by atoms with Gasteiger partial charge in [0.05, 0.1) is 9.85 Å². The quantitative estimate of drug-likeness (QED) is 0.343. The van der Waals surface area contributed by atoms with Gasteiger partial charge in [-0.25, -0.2) is 0 Å². The first-order valence-electron chi connectivity index (χ1n) is 8.81. The van der Waals surface area contributed by atoms with Gasteiger partial charge in [-0.15, -0.1) is 0 Å². The van der Waals surface area contributed by atoms with Crippen LogP contribution in [-0.4, -0.2) is 9.85 Å². The van der Waals surface area contributed by atoms with Crippen LogP contribution in [0.3, 0.4) is 0 Å². The van der Waals surface area contributed by atoms with E-state index in [0.717, 1.165) is 27.7 Å². The first-order chi connectivity index (χ1) is 14.2. The van der Waals surface area contributed by atoms with Gasteiger partial charge in [0, 0.05) is 23.2 Å². The zero-order valence-electron chi connectivity index (χ0n) is 16.3. The number of hydrogen-bond acceptors (Lipinski definition) is 5. The molecule has 0 unspecified atom stereocenters. The second-order valence-electron chi connectivity index (χ2n) is 6.47. The Kier molecular flexibility index (Phi) is 7.99. The minimum atomic E-state index is -0.782. The van der Waals surface area contributed by atoms with Gasteiger partial charge in [-0.05, 0) is 54.8 Å². The molecule has 0 spiro atoms. The summed E-state index contributed by atoms with van der Waals surface area (Å²) in [5, 5.41) is 24.2. The molecule has 3 aromatic carbocycles. The van der Waals surface area contributed by atoms with E-state index in [4.69, 9.17) is 0 Å². The van der Waals surface area contributed by atoms with Crippen molar-refractivity contribution >= 4 is 33.0 Å². The Balaban J connectivity index is 0.000000248. The Morgan fingerprint density at radius 1 is 0.867 bits per heavy atom. The molecule has 3 rings (SSSR count). The van der Waals surface area contributed by atoms with E-state index in [0.29, 0.717) is 17.8 Å². The Hall–Kier alpha value is -3.33. The molecule has 0 bridgehead atoms. The van der Waals surface area contributed by atoms with Gasteiger partial charge in [-0.1, -0.05) is 40.2 Å². The lowest BCUT2D eigenvalue weighted by molar-refractivity contribution is -0.387. The highest BCUT2D eigenvalue weighted by Crippen LogP contribution is 2.26. The topological polar surface area (TPSA) is 98.3 Å². The fourth-order valence-corrected chi connectivity index (χ4v) is 2.77. The molecule has 0 aromatic heterocycles. The zero-order valence-corrected chi connectivity index (χ0v) is 17.8. The monoisotopic (exact) mass is 475 g/mol. The summed E-state index contributed by atoms with van der Waals surface area (Å²) in [4.78, 5) is 19.9. The Morgan fingerprint density at radius 3 is 1.93 bits per heavy atom. The third-order valence-corrected chi connectivity index (χ3v) is 4.57. The molecule has 0 amide bonds. The fraction of sp³-hybridized carbons (Fsp3) is 0.143. The smallest absolute Gasteiger partial charge is 0.304 e. The van der Waals surface area contributed by atoms with Gasteiger partial charge in [-0.2, -0.15) is 4.39 Å². The van der Waals surface area contributed by atoms with Crippen LogP contribution >= 0.6 is 15.9 Å². The van der Waals surface area contributed by atoms with Crippen molar-refractivity contribution < 1.29 is 14.2 Å². The van der Waals surface area contributed by atoms with Crippen molar-refractivity contribution in [2.75, 3.05) is 5.32 Å². The fourth-order valence-electron chi connectivity index (χ4n) is 2.51. The second-order valence-corrected chi connectivity index (χ2v) is 7.39. The first-order valence-corrected chi connectivity index (χ1v) is 9.60. The number of nitro groups is 2. The van der Waals surface area contributed by atoms with Crippen molar-refractivity contribution in [3.05, 3.63) is 108 Å². The molecule has 1 N–H and O–H groups in total. The number of benzene rings is 3. The standard InChI is InChI=1S/C14H13BrN2O2.C7H6FNO2/c1-10-2-7-14(17(18)19)13(8-10)16-9-11-3-5-12(15)6-4-11;1-5-2-3-7(9(10)11)6(8)4-5/h2-8,16H,9H2,1H3;2-4H,1H3. The van der Waals surface area contributed by atoms with Gasteiger partial charge in [0.1, 0.15) is 5.69 Å². The van der Waals surface area contributed by atoms with E-state index in [9.17, 15) is 24.6 Å². The third-order valence-electron chi connectivity index (χ3n) is 4.04. The van der Waals surface area contributed by atoms with Crippen LogP contribution in [0.25, 0.3) is 0 Å². The van der Waals surface area contributed by atoms with Crippen LogP contribution in [0.5, 0.6) is 0 Å². The van der Waals surface area contributed by atoms with Crippen LogP contribution in [0, 0.1) is 39.9 Å². The summed E-state index contributed by atoms with van der Waals surface area (Å²) in [7, 11) is 0. The maximum Gasteiger partial charge on any atom is 0.304 e. The second kappa shape index (κ2) is 10.4. The predicted octanol–water partition coefficient (Wildman–Crippen LogP) is 6.32. The molecule has 0 saturated heterocycles. The van der Waals surface area contributed by atoms with Crippen molar-refractivity contribution in [1.29, 1.82) is 0 Å². The minimum absolute atomic E-state index is 0.0997. The Morgan fingerprint density at radius 2 is 1.40 bits per heavy atom. The van der Waals surface area contributed by atoms with Crippen LogP contribution in [0.4, 0.5) is 21.5 Å². The lowest BCUT2D eigenvalue weighted by atomic mass is 10.1. The molecule has 156 valence electrons. The van der Waals surface area contributed by atoms with Gasteiger partial charge in [0.2, 0.25) is 5.82 Å². The molecule has 3 aromatic rings. The molecule has 0 saturated carbocycles. The van der Waals surface area contributed by atoms with Gasteiger partial charge in [0.15, 0.2) is 0 Å². The lowest BCUT2D eigenvalue weighted by Gasteiger charge is -2.08. The number of nitrogens with zero attached hydrogens (tertiary/aromatic N) is 2. The number of hydrogen-bond donors (Lipinski definition) is 1. The van der Waals surface area contributed by atoms with Crippen LogP contribution in [0.2, 0.25) is 0 Å². The number of halogens is 2. The molecule has 0 fully saturated rings. The number of nitrogens with one attached hydrogen (secondary N) is 1. The predicted molar refractivity (Wildman–Crippen MR) is 117 cm³/mol. The molecule has 0 heterocycles. The van der Waals surface area contributed by atoms with Gasteiger partial charge >= 0.3 is 5.69 Å². The maximum absolute atomic E-state index is 12.7. The maximum atomic E-state index is 12.7. The SMILES string of the molecule is Cc1ccc([N+](=O)[O-])c(F)c1.Cc1ccc([N+](=O)[O-])c(NCc2ccc(Br)cc2)c1. The molecule has 7 nitrogen and oxygen atoms in total. The number of aryl methyl sites for hydroxylation is 2. The Labute approximate surface area is 181 Å². The lowest BCUT2D eigenvalue weighted by Crippen LogP contribution is -2.02. The molecular formula is C21H19BrFN3O4. The number of anilines is 1. The average Bonchev–Trinajstić information content (AvgIpc) is 2.67. The minimum Gasteiger partial charge on any atom is -0.375 e. The van der Waals surface area contributed by atoms with Crippen molar-refractivity contribution in [3.8, 4) is 0 Å². The largest absolute Gasteiger partial charge is 0.375 e. The first kappa shape index (κ1) is 23.0. The molecule has 30 heavy (non-hydrogen) atoms. The summed E-state index contributed by atoms with van der Waals surface area (Å²) in [5.41, 5.74) is 2.90. The molecule has 0 aliphatic rings. The van der Waals surface area contributed by atoms with Gasteiger partial charge in [0.25, 0.3) is 5.69 Å². The van der Waals surface area contributed by atoms with E-state index >= 15 is 0 Å². The molecule has 0 atom stereocenters. The normalized spacial score (nSPS) is 10.0. The highest BCUT2D eigenvalue weighted by molar-refractivity contribution is 9.10. The van der Waals surface area contributed by atoms with Crippen LogP contribution < -0.4 is 5.32 Å². The summed E-state index contributed by atoms with van der Waals surface area (Å²) >= 11 is 3.37. The van der Waals surface area contributed by atoms with Gasteiger partial charge in [-0.3, -0.25) is 20.2 Å². The van der Waals surface area contributed by atoms with Crippen molar-refractivity contribution in [2.24, 2.45) is 0 Å². The molecular weight excluding hydrogens is 457 g/mol. The summed E-state index contributed by atoms with van der Waals surface area (Å²) < 4.78 is 13.7. The van der Waals surface area contributed by atoms with Crippen LogP contribution in [0.1, 0.15) is 16.7 Å². The highest BCUT2D eigenvalue weighted by Gasteiger charge is 2.13. The third kappa shape index (κ3) is 6.63. The van der Waals surface area contributed by atoms with E-state index in [1.807, 2.05) is 31.2 Å². The van der Waals surface area contributed by atoms with E-state index in [-0.39, 0.29) is 10.6 Å². The van der Waals surface area contributed by atoms with E-state index < -0.39 is 16.4 Å². The van der Waals surface area contributed by atoms with E-state index in [2.05, 4.69) is 21.2 Å². The van der Waals surface area contributed by atoms with Crippen molar-refractivity contribution in [1.82, 2.24) is 0 Å². The van der Waals surface area contributed by atoms with Crippen LogP contribution in [0.15, 0.2) is 65.1 Å². The average molecular weight is 476 g/mol. The van der Waals surface area contributed by atoms with Crippen LogP contribution in [-0.2, 0) is 6.54 Å². The van der Waals surface area contributed by atoms with Gasteiger partial charge < -0.3 is 5.32 Å². The van der Waals surface area contributed by atoms with E-state index in [1.165, 1.54) is 12.1 Å². The molecule has 0 aliphatic carbocycles. The molecule has 0 aliphatic heterocycles. The number of rotatable bonds is 5. The van der Waals surface area contributed by atoms with Crippen molar-refractivity contribution in [2.45, 2.75) is 20.4 Å². The molecule has 0 radical (unpaired) electrons. The molecule has 9 heteroatoms. The summed E-state index contributed by atoms with van der Waals surface area (Å²) in [6.45, 7) is 4.14.